The molecule has 0 bridgehead atoms. The van der Waals surface area contributed by atoms with Crippen molar-refractivity contribution in [2.75, 3.05) is 14.2 Å². The van der Waals surface area contributed by atoms with Crippen LogP contribution in [0.2, 0.25) is 0 Å². The summed E-state index contributed by atoms with van der Waals surface area (Å²) < 4.78 is 12.0. The Kier molecular flexibility index (Phi) is 5.98. The summed E-state index contributed by atoms with van der Waals surface area (Å²) in [6.45, 7) is 0. The number of methoxy groups -OCH3 is 2. The minimum absolute atomic E-state index is 0.0258. The van der Waals surface area contributed by atoms with Crippen molar-refractivity contribution in [2.45, 2.75) is 0 Å². The Morgan fingerprint density at radius 3 is 1.66 bits per heavy atom. The maximum absolute atomic E-state index is 12.4. The number of nitrogens with zero attached hydrogens (tertiary/aromatic N) is 3. The Morgan fingerprint density at radius 2 is 1.25 bits per heavy atom. The molecule has 7 heteroatoms. The number of carbonyl (C=O) groups is 1. The van der Waals surface area contributed by atoms with E-state index in [0.717, 1.165) is 5.56 Å². The normalized spacial score (nSPS) is 11.2. The van der Waals surface area contributed by atoms with E-state index in [0.29, 0.717) is 34.3 Å². The third-order valence-corrected chi connectivity index (χ3v) is 4.92. The maximum Gasteiger partial charge on any atom is 0.352 e. The summed E-state index contributed by atoms with van der Waals surface area (Å²) in [6, 6.07) is 23.7. The molecule has 0 aliphatic rings. The van der Waals surface area contributed by atoms with Gasteiger partial charge in [0.25, 0.3) is 0 Å². The molecule has 0 unspecified atom stereocenters. The zero-order valence-corrected chi connectivity index (χ0v) is 17.6. The standard InChI is InChI=1S/C25H21N3O4/c1-31-20-12-8-18(9-13-20)23-26-27-24(19-10-14-21(32-2)15-11-19)28(23)22(25(29)30)16-17-6-4-3-5-7-17/h3-16H,1-2H3,(H,29,30)/b22-16-. The summed E-state index contributed by atoms with van der Waals surface area (Å²) in [6.07, 6.45) is 1.60. The molecule has 0 amide bonds. The van der Waals surface area contributed by atoms with Crippen molar-refractivity contribution in [1.29, 1.82) is 0 Å². The molecular formula is C25H21N3O4. The summed E-state index contributed by atoms with van der Waals surface area (Å²) in [5, 5.41) is 18.8. The largest absolute Gasteiger partial charge is 0.497 e. The highest BCUT2D eigenvalue weighted by molar-refractivity contribution is 6.15. The van der Waals surface area contributed by atoms with Crippen LogP contribution in [0.15, 0.2) is 78.9 Å². The maximum atomic E-state index is 12.4. The Labute approximate surface area is 185 Å². The molecular weight excluding hydrogens is 406 g/mol. The molecule has 160 valence electrons. The van der Waals surface area contributed by atoms with E-state index < -0.39 is 5.97 Å². The van der Waals surface area contributed by atoms with E-state index in [1.54, 1.807) is 49.1 Å². The molecule has 32 heavy (non-hydrogen) atoms. The summed E-state index contributed by atoms with van der Waals surface area (Å²) in [5.41, 5.74) is 2.19. The van der Waals surface area contributed by atoms with Gasteiger partial charge in [0.05, 0.1) is 14.2 Å². The lowest BCUT2D eigenvalue weighted by Crippen LogP contribution is -2.11. The highest BCUT2D eigenvalue weighted by Crippen LogP contribution is 2.31. The fourth-order valence-corrected chi connectivity index (χ4v) is 3.30. The molecule has 7 nitrogen and oxygen atoms in total. The van der Waals surface area contributed by atoms with Crippen LogP contribution in [0.5, 0.6) is 11.5 Å². The molecule has 0 fully saturated rings. The van der Waals surface area contributed by atoms with Crippen molar-refractivity contribution in [3.8, 4) is 34.3 Å². The van der Waals surface area contributed by atoms with Crippen molar-refractivity contribution in [3.05, 3.63) is 84.4 Å². The van der Waals surface area contributed by atoms with Gasteiger partial charge in [-0.3, -0.25) is 4.57 Å². The second-order valence-electron chi connectivity index (χ2n) is 6.89. The van der Waals surface area contributed by atoms with Crippen LogP contribution in [0, 0.1) is 0 Å². The molecule has 4 aromatic rings. The van der Waals surface area contributed by atoms with Gasteiger partial charge in [0, 0.05) is 11.1 Å². The van der Waals surface area contributed by atoms with Crippen LogP contribution in [0.1, 0.15) is 5.56 Å². The summed E-state index contributed by atoms with van der Waals surface area (Å²) in [5.74, 6) is 1.09. The van der Waals surface area contributed by atoms with Gasteiger partial charge in [0.1, 0.15) is 17.2 Å². The number of carboxylic acids is 1. The Hall–Kier alpha value is -4.39. The van der Waals surface area contributed by atoms with Gasteiger partial charge in [-0.1, -0.05) is 30.3 Å². The third-order valence-electron chi connectivity index (χ3n) is 4.92. The first-order valence-electron chi connectivity index (χ1n) is 9.85. The molecule has 0 aliphatic carbocycles. The first-order valence-corrected chi connectivity index (χ1v) is 9.85. The fraction of sp³-hybridized carbons (Fsp3) is 0.0800. The second kappa shape index (κ2) is 9.18. The van der Waals surface area contributed by atoms with E-state index in [2.05, 4.69) is 10.2 Å². The van der Waals surface area contributed by atoms with E-state index in [-0.39, 0.29) is 5.70 Å². The summed E-state index contributed by atoms with van der Waals surface area (Å²) in [7, 11) is 3.18. The van der Waals surface area contributed by atoms with E-state index in [1.165, 1.54) is 0 Å². The van der Waals surface area contributed by atoms with Crippen LogP contribution < -0.4 is 9.47 Å². The van der Waals surface area contributed by atoms with Crippen LogP contribution in [0.3, 0.4) is 0 Å². The molecule has 0 radical (unpaired) electrons. The summed E-state index contributed by atoms with van der Waals surface area (Å²) in [4.78, 5) is 12.4. The third kappa shape index (κ3) is 4.22. The zero-order chi connectivity index (χ0) is 22.5. The molecule has 0 saturated heterocycles. The van der Waals surface area contributed by atoms with E-state index in [9.17, 15) is 9.90 Å². The number of ether oxygens (including phenoxy) is 2. The lowest BCUT2D eigenvalue weighted by Gasteiger charge is -2.12. The van der Waals surface area contributed by atoms with Gasteiger partial charge < -0.3 is 14.6 Å². The zero-order valence-electron chi connectivity index (χ0n) is 17.6. The number of rotatable bonds is 7. The Morgan fingerprint density at radius 1 is 0.781 bits per heavy atom. The highest BCUT2D eigenvalue weighted by atomic mass is 16.5. The van der Waals surface area contributed by atoms with Crippen LogP contribution in [-0.4, -0.2) is 40.1 Å². The van der Waals surface area contributed by atoms with Crippen LogP contribution in [-0.2, 0) is 4.79 Å². The Balaban J connectivity index is 1.94. The average molecular weight is 427 g/mol. The van der Waals surface area contributed by atoms with Gasteiger partial charge >= 0.3 is 5.97 Å². The van der Waals surface area contributed by atoms with Crippen LogP contribution in [0.4, 0.5) is 0 Å². The van der Waals surface area contributed by atoms with Crippen molar-refractivity contribution in [3.63, 3.8) is 0 Å². The van der Waals surface area contributed by atoms with Crippen molar-refractivity contribution in [2.24, 2.45) is 0 Å². The fourth-order valence-electron chi connectivity index (χ4n) is 3.30. The lowest BCUT2D eigenvalue weighted by atomic mass is 10.1. The molecule has 0 aliphatic heterocycles. The number of hydrogen-bond donors (Lipinski definition) is 1. The van der Waals surface area contributed by atoms with Crippen LogP contribution >= 0.6 is 0 Å². The predicted octanol–water partition coefficient (Wildman–Crippen LogP) is 4.71. The van der Waals surface area contributed by atoms with Crippen molar-refractivity contribution >= 4 is 17.7 Å². The SMILES string of the molecule is COc1ccc(-c2nnc(-c3ccc(OC)cc3)n2/C(=C\c2ccccc2)C(=O)O)cc1. The number of aliphatic carboxylic acids is 1. The van der Waals surface area contributed by atoms with E-state index in [4.69, 9.17) is 9.47 Å². The van der Waals surface area contributed by atoms with Crippen molar-refractivity contribution in [1.82, 2.24) is 14.8 Å². The minimum atomic E-state index is -1.10. The van der Waals surface area contributed by atoms with Gasteiger partial charge in [-0.15, -0.1) is 10.2 Å². The predicted molar refractivity (Wildman–Crippen MR) is 122 cm³/mol. The lowest BCUT2D eigenvalue weighted by molar-refractivity contribution is -0.130. The highest BCUT2D eigenvalue weighted by Gasteiger charge is 2.23. The number of benzene rings is 3. The first-order chi connectivity index (χ1) is 15.6. The Bertz CT molecular complexity index is 1180. The molecule has 0 atom stereocenters. The van der Waals surface area contributed by atoms with Crippen LogP contribution in [0.25, 0.3) is 34.5 Å². The molecule has 0 spiro atoms. The molecule has 4 rings (SSSR count). The number of carboxylic acid groups (broad SMARTS) is 1. The topological polar surface area (TPSA) is 86.5 Å². The van der Waals surface area contributed by atoms with Gasteiger partial charge in [0.15, 0.2) is 11.6 Å². The van der Waals surface area contributed by atoms with Crippen molar-refractivity contribution < 1.29 is 19.4 Å². The number of aromatic nitrogens is 3. The number of hydrogen-bond acceptors (Lipinski definition) is 5. The summed E-state index contributed by atoms with van der Waals surface area (Å²) >= 11 is 0. The quantitative estimate of drug-likeness (QED) is 0.430. The van der Waals surface area contributed by atoms with E-state index in [1.807, 2.05) is 54.6 Å². The molecule has 1 N–H and O–H groups in total. The molecule has 3 aromatic carbocycles. The minimum Gasteiger partial charge on any atom is -0.497 e. The molecule has 0 saturated carbocycles. The second-order valence-corrected chi connectivity index (χ2v) is 6.89. The van der Waals surface area contributed by atoms with E-state index >= 15 is 0 Å². The van der Waals surface area contributed by atoms with Gasteiger partial charge in [-0.2, -0.15) is 0 Å². The smallest absolute Gasteiger partial charge is 0.352 e. The average Bonchev–Trinajstić information content (AvgIpc) is 3.27. The monoisotopic (exact) mass is 427 g/mol. The van der Waals surface area contributed by atoms with Gasteiger partial charge in [0.2, 0.25) is 0 Å². The first kappa shape index (κ1) is 20.9. The molecule has 1 aromatic heterocycles. The van der Waals surface area contributed by atoms with Gasteiger partial charge in [-0.05, 0) is 60.2 Å². The van der Waals surface area contributed by atoms with Gasteiger partial charge in [-0.25, -0.2) is 4.79 Å². The molecule has 1 heterocycles.